The van der Waals surface area contributed by atoms with Crippen LogP contribution in [0.2, 0.25) is 0 Å². The van der Waals surface area contributed by atoms with E-state index < -0.39 is 15.3 Å². The number of rotatable bonds is 7. The van der Waals surface area contributed by atoms with Gasteiger partial charge in [-0.15, -0.1) is 0 Å². The van der Waals surface area contributed by atoms with Gasteiger partial charge in [0.05, 0.1) is 50.7 Å². The summed E-state index contributed by atoms with van der Waals surface area (Å²) in [6.45, 7) is 6.66. The smallest absolute Gasteiger partial charge is 0.138 e. The van der Waals surface area contributed by atoms with Crippen LogP contribution in [-0.2, 0) is 16.1 Å². The average molecular weight is 546 g/mol. The van der Waals surface area contributed by atoms with Crippen LogP contribution in [0.5, 0.6) is 5.75 Å². The first-order chi connectivity index (χ1) is 18.7. The third kappa shape index (κ3) is 6.02. The standard InChI is InChI=1S/C28H31N7O3S/c1-4-22-6-7-23(17-30-22)33-39(37)11-9-34(10-12-39)26-8-5-20(15-31-26)25-13-24(38-19-28(2,3)36)18-35-27(25)21(14-29)16-32-35/h5-8,13,15-18,36H,4,9-12,19H2,1-3H3. The van der Waals surface area contributed by atoms with Gasteiger partial charge in [0.25, 0.3) is 0 Å². The molecular formula is C28H31N7O3S. The van der Waals surface area contributed by atoms with Crippen LogP contribution in [0.3, 0.4) is 0 Å². The molecule has 1 saturated heterocycles. The van der Waals surface area contributed by atoms with E-state index in [4.69, 9.17) is 9.72 Å². The molecule has 10 nitrogen and oxygen atoms in total. The van der Waals surface area contributed by atoms with Crippen LogP contribution >= 0.6 is 0 Å². The minimum Gasteiger partial charge on any atom is -0.489 e. The fourth-order valence-electron chi connectivity index (χ4n) is 4.38. The Morgan fingerprint density at radius 2 is 1.95 bits per heavy atom. The second-order valence-electron chi connectivity index (χ2n) is 10.2. The van der Waals surface area contributed by atoms with Gasteiger partial charge in [-0.2, -0.15) is 14.7 Å². The van der Waals surface area contributed by atoms with E-state index in [-0.39, 0.29) is 6.61 Å². The second-order valence-corrected chi connectivity index (χ2v) is 12.7. The molecule has 0 amide bonds. The first-order valence-electron chi connectivity index (χ1n) is 12.8. The normalized spacial score (nSPS) is 15.2. The van der Waals surface area contributed by atoms with Gasteiger partial charge in [-0.25, -0.2) is 13.7 Å². The Morgan fingerprint density at radius 1 is 1.15 bits per heavy atom. The van der Waals surface area contributed by atoms with Crippen molar-refractivity contribution in [3.63, 3.8) is 0 Å². The Labute approximate surface area is 228 Å². The van der Waals surface area contributed by atoms with E-state index in [0.717, 1.165) is 29.1 Å². The zero-order chi connectivity index (χ0) is 27.6. The van der Waals surface area contributed by atoms with Crippen LogP contribution in [0, 0.1) is 11.3 Å². The van der Waals surface area contributed by atoms with Crippen molar-refractivity contribution in [3.8, 4) is 22.9 Å². The van der Waals surface area contributed by atoms with Crippen molar-refractivity contribution in [2.24, 2.45) is 4.36 Å². The molecule has 0 spiro atoms. The highest BCUT2D eigenvalue weighted by atomic mass is 32.2. The lowest BCUT2D eigenvalue weighted by Gasteiger charge is -2.29. The van der Waals surface area contributed by atoms with E-state index in [1.54, 1.807) is 37.0 Å². The van der Waals surface area contributed by atoms with Crippen molar-refractivity contribution >= 4 is 26.8 Å². The summed E-state index contributed by atoms with van der Waals surface area (Å²) in [6, 6.07) is 11.7. The monoisotopic (exact) mass is 545 g/mol. The molecule has 0 radical (unpaired) electrons. The summed E-state index contributed by atoms with van der Waals surface area (Å²) >= 11 is 0. The fraction of sp³-hybridized carbons (Fsp3) is 0.357. The van der Waals surface area contributed by atoms with Crippen LogP contribution in [-0.4, -0.2) is 65.7 Å². The highest BCUT2D eigenvalue weighted by molar-refractivity contribution is 7.93. The molecule has 11 heteroatoms. The quantitative estimate of drug-likeness (QED) is 0.369. The van der Waals surface area contributed by atoms with E-state index in [9.17, 15) is 14.6 Å². The molecule has 5 rings (SSSR count). The van der Waals surface area contributed by atoms with E-state index in [1.165, 1.54) is 6.20 Å². The SMILES string of the molecule is CCc1ccc(N=S2(=O)CCN(c3ccc(-c4cc(OCC(C)(C)O)cn5ncc(C#N)c45)cn3)CC2)cn1. The zero-order valence-electron chi connectivity index (χ0n) is 22.2. The average Bonchev–Trinajstić information content (AvgIpc) is 3.35. The summed E-state index contributed by atoms with van der Waals surface area (Å²) in [5.41, 5.74) is 3.29. The number of hydrogen-bond acceptors (Lipinski definition) is 9. The van der Waals surface area contributed by atoms with Crippen LogP contribution < -0.4 is 9.64 Å². The summed E-state index contributed by atoms with van der Waals surface area (Å²) in [6.07, 6.45) is 7.51. The van der Waals surface area contributed by atoms with Gasteiger partial charge in [-0.3, -0.25) is 4.98 Å². The largest absolute Gasteiger partial charge is 0.489 e. The summed E-state index contributed by atoms with van der Waals surface area (Å²) in [7, 11) is -2.36. The van der Waals surface area contributed by atoms with Gasteiger partial charge in [0.1, 0.15) is 24.2 Å². The van der Waals surface area contributed by atoms with E-state index in [1.807, 2.05) is 37.3 Å². The van der Waals surface area contributed by atoms with Gasteiger partial charge in [0, 0.05) is 47.6 Å². The molecule has 0 atom stereocenters. The molecule has 0 bridgehead atoms. The van der Waals surface area contributed by atoms with E-state index in [2.05, 4.69) is 25.4 Å². The number of hydrogen-bond donors (Lipinski definition) is 1. The van der Waals surface area contributed by atoms with Crippen molar-refractivity contribution in [3.05, 3.63) is 66.4 Å². The number of fused-ring (bicyclic) bond motifs is 1. The predicted octanol–water partition coefficient (Wildman–Crippen LogP) is 3.99. The number of nitriles is 1. The van der Waals surface area contributed by atoms with Gasteiger partial charge in [-0.1, -0.05) is 6.92 Å². The molecule has 5 heterocycles. The number of aryl methyl sites for hydroxylation is 1. The third-order valence-electron chi connectivity index (χ3n) is 6.49. The van der Waals surface area contributed by atoms with Gasteiger partial charge in [0.15, 0.2) is 0 Å². The molecule has 1 aliphatic rings. The minimum atomic E-state index is -2.36. The number of nitrogens with zero attached hydrogens (tertiary/aromatic N) is 7. The number of anilines is 1. The van der Waals surface area contributed by atoms with Crippen molar-refractivity contribution in [2.75, 3.05) is 36.1 Å². The molecule has 202 valence electrons. The maximum atomic E-state index is 13.3. The summed E-state index contributed by atoms with van der Waals surface area (Å²) in [5.74, 6) is 2.21. The van der Waals surface area contributed by atoms with Crippen LogP contribution in [0.25, 0.3) is 16.6 Å². The van der Waals surface area contributed by atoms with Gasteiger partial charge in [0.2, 0.25) is 0 Å². The lowest BCUT2D eigenvalue weighted by atomic mass is 10.1. The number of aliphatic hydroxyl groups is 1. The van der Waals surface area contributed by atoms with Crippen LogP contribution in [0.15, 0.2) is 59.5 Å². The van der Waals surface area contributed by atoms with E-state index >= 15 is 0 Å². The number of aromatic nitrogens is 4. The summed E-state index contributed by atoms with van der Waals surface area (Å²) < 4.78 is 25.3. The van der Waals surface area contributed by atoms with Gasteiger partial charge in [-0.05, 0) is 50.6 Å². The maximum Gasteiger partial charge on any atom is 0.138 e. The highest BCUT2D eigenvalue weighted by Crippen LogP contribution is 2.32. The summed E-state index contributed by atoms with van der Waals surface area (Å²) in [4.78, 5) is 11.2. The number of ether oxygens (including phenoxy) is 1. The molecule has 0 saturated carbocycles. The molecule has 39 heavy (non-hydrogen) atoms. The Bertz CT molecular complexity index is 1630. The molecule has 4 aromatic rings. The Morgan fingerprint density at radius 3 is 2.56 bits per heavy atom. The molecule has 1 N–H and O–H groups in total. The van der Waals surface area contributed by atoms with Crippen molar-refractivity contribution in [1.29, 1.82) is 5.26 Å². The van der Waals surface area contributed by atoms with Crippen molar-refractivity contribution in [1.82, 2.24) is 19.6 Å². The Hall–Kier alpha value is -4.01. The molecule has 0 unspecified atom stereocenters. The molecule has 4 aromatic heterocycles. The predicted molar refractivity (Wildman–Crippen MR) is 151 cm³/mol. The Balaban J connectivity index is 1.36. The Kier molecular flexibility index (Phi) is 7.25. The first kappa shape index (κ1) is 26.6. The fourth-order valence-corrected chi connectivity index (χ4v) is 6.27. The molecule has 0 aliphatic carbocycles. The van der Waals surface area contributed by atoms with Crippen molar-refractivity contribution in [2.45, 2.75) is 32.8 Å². The first-order valence-corrected chi connectivity index (χ1v) is 14.7. The lowest BCUT2D eigenvalue weighted by molar-refractivity contribution is 0.0283. The number of pyridine rings is 3. The lowest BCUT2D eigenvalue weighted by Crippen LogP contribution is -2.40. The second kappa shape index (κ2) is 10.6. The van der Waals surface area contributed by atoms with Crippen LogP contribution in [0.1, 0.15) is 32.0 Å². The maximum absolute atomic E-state index is 13.3. The molecular weight excluding hydrogens is 514 g/mol. The van der Waals surface area contributed by atoms with Crippen molar-refractivity contribution < 1.29 is 14.1 Å². The minimum absolute atomic E-state index is 0.104. The summed E-state index contributed by atoms with van der Waals surface area (Å²) in [5, 5.41) is 24.0. The highest BCUT2D eigenvalue weighted by Gasteiger charge is 2.22. The zero-order valence-corrected chi connectivity index (χ0v) is 23.1. The van der Waals surface area contributed by atoms with Crippen LogP contribution in [0.4, 0.5) is 11.5 Å². The van der Waals surface area contributed by atoms with E-state index in [0.29, 0.717) is 47.1 Å². The van der Waals surface area contributed by atoms with Gasteiger partial charge >= 0.3 is 0 Å². The third-order valence-corrected chi connectivity index (χ3v) is 8.67. The molecule has 1 fully saturated rings. The molecule has 0 aromatic carbocycles. The topological polar surface area (TPSA) is 129 Å². The van der Waals surface area contributed by atoms with Gasteiger partial charge < -0.3 is 14.7 Å². The molecule has 1 aliphatic heterocycles.